The lowest BCUT2D eigenvalue weighted by Gasteiger charge is -2.21. The third-order valence-electron chi connectivity index (χ3n) is 2.30. The summed E-state index contributed by atoms with van der Waals surface area (Å²) < 4.78 is 13.5. The number of aromatic carboxylic acids is 1. The fraction of sp³-hybridized carbons (Fsp3) is 0.364. The Morgan fingerprint density at radius 3 is 2.40 bits per heavy atom. The van der Waals surface area contributed by atoms with E-state index in [-0.39, 0.29) is 5.56 Å². The van der Waals surface area contributed by atoms with Crippen LogP contribution in [-0.4, -0.2) is 24.2 Å². The number of halogens is 1. The summed E-state index contributed by atoms with van der Waals surface area (Å²) in [7, 11) is 0. The Balaban J connectivity index is 3.07. The average molecular weight is 211 g/mol. The number of rotatable bonds is 4. The second-order valence-corrected chi connectivity index (χ2v) is 3.14. The maximum atomic E-state index is 13.5. The Morgan fingerprint density at radius 2 is 2.00 bits per heavy atom. The van der Waals surface area contributed by atoms with Gasteiger partial charge in [-0.05, 0) is 32.0 Å². The minimum Gasteiger partial charge on any atom is -0.478 e. The second kappa shape index (κ2) is 4.77. The van der Waals surface area contributed by atoms with Crippen LogP contribution in [0.15, 0.2) is 18.2 Å². The zero-order valence-electron chi connectivity index (χ0n) is 8.83. The molecule has 1 aromatic carbocycles. The minimum atomic E-state index is -1.11. The molecule has 0 bridgehead atoms. The molecule has 0 amide bonds. The third-order valence-corrected chi connectivity index (χ3v) is 2.30. The Labute approximate surface area is 88.1 Å². The van der Waals surface area contributed by atoms with Crippen molar-refractivity contribution >= 4 is 11.7 Å². The molecule has 1 N–H and O–H groups in total. The summed E-state index contributed by atoms with van der Waals surface area (Å²) >= 11 is 0. The number of carboxylic acids is 1. The van der Waals surface area contributed by atoms with E-state index in [1.54, 1.807) is 0 Å². The molecule has 3 nitrogen and oxygen atoms in total. The topological polar surface area (TPSA) is 40.5 Å². The van der Waals surface area contributed by atoms with Crippen LogP contribution in [0.1, 0.15) is 24.2 Å². The van der Waals surface area contributed by atoms with Crippen LogP contribution in [0.25, 0.3) is 0 Å². The number of carbonyl (C=O) groups is 1. The molecular weight excluding hydrogens is 197 g/mol. The van der Waals surface area contributed by atoms with Crippen molar-refractivity contribution in [2.24, 2.45) is 0 Å². The van der Waals surface area contributed by atoms with E-state index in [9.17, 15) is 9.18 Å². The summed E-state index contributed by atoms with van der Waals surface area (Å²) in [6, 6.07) is 3.97. The largest absolute Gasteiger partial charge is 0.478 e. The summed E-state index contributed by atoms with van der Waals surface area (Å²) in [4.78, 5) is 12.4. The summed E-state index contributed by atoms with van der Waals surface area (Å²) in [6.45, 7) is 5.24. The molecule has 0 atom stereocenters. The predicted octanol–water partition coefficient (Wildman–Crippen LogP) is 2.37. The molecule has 82 valence electrons. The van der Waals surface area contributed by atoms with Crippen molar-refractivity contribution in [3.63, 3.8) is 0 Å². The summed E-state index contributed by atoms with van der Waals surface area (Å²) in [5, 5.41) is 8.67. The first-order valence-electron chi connectivity index (χ1n) is 4.88. The van der Waals surface area contributed by atoms with E-state index in [4.69, 9.17) is 5.11 Å². The Morgan fingerprint density at radius 1 is 1.40 bits per heavy atom. The van der Waals surface area contributed by atoms with Crippen LogP contribution in [0.2, 0.25) is 0 Å². The first-order valence-corrected chi connectivity index (χ1v) is 4.88. The van der Waals surface area contributed by atoms with Gasteiger partial charge in [-0.25, -0.2) is 9.18 Å². The molecule has 0 fully saturated rings. The first-order chi connectivity index (χ1) is 7.10. The lowest BCUT2D eigenvalue weighted by Crippen LogP contribution is -2.23. The zero-order valence-corrected chi connectivity index (χ0v) is 8.83. The molecule has 0 heterocycles. The number of anilines is 1. The van der Waals surface area contributed by atoms with Gasteiger partial charge in [0, 0.05) is 13.1 Å². The van der Waals surface area contributed by atoms with Gasteiger partial charge >= 0.3 is 5.97 Å². The first kappa shape index (κ1) is 11.5. The van der Waals surface area contributed by atoms with Crippen molar-refractivity contribution in [3.8, 4) is 0 Å². The Hall–Kier alpha value is -1.58. The van der Waals surface area contributed by atoms with Gasteiger partial charge in [0.2, 0.25) is 0 Å². The quantitative estimate of drug-likeness (QED) is 0.831. The predicted molar refractivity (Wildman–Crippen MR) is 56.9 cm³/mol. The van der Waals surface area contributed by atoms with Crippen molar-refractivity contribution in [2.45, 2.75) is 13.8 Å². The highest BCUT2D eigenvalue weighted by atomic mass is 19.1. The number of hydrogen-bond acceptors (Lipinski definition) is 2. The number of carboxylic acid groups (broad SMARTS) is 1. The summed E-state index contributed by atoms with van der Waals surface area (Å²) in [5.74, 6) is -1.60. The van der Waals surface area contributed by atoms with Crippen LogP contribution in [0, 0.1) is 5.82 Å². The molecule has 0 aliphatic carbocycles. The molecule has 15 heavy (non-hydrogen) atoms. The number of nitrogens with zero attached hydrogens (tertiary/aromatic N) is 1. The van der Waals surface area contributed by atoms with Crippen LogP contribution in [-0.2, 0) is 0 Å². The lowest BCUT2D eigenvalue weighted by molar-refractivity contribution is 0.0696. The molecule has 1 aromatic rings. The van der Waals surface area contributed by atoms with Crippen LogP contribution >= 0.6 is 0 Å². The minimum absolute atomic E-state index is 0.0246. The highest BCUT2D eigenvalue weighted by Gasteiger charge is 2.11. The molecule has 0 aliphatic rings. The van der Waals surface area contributed by atoms with E-state index in [0.29, 0.717) is 18.8 Å². The van der Waals surface area contributed by atoms with Gasteiger partial charge < -0.3 is 10.0 Å². The molecule has 0 saturated carbocycles. The van der Waals surface area contributed by atoms with Gasteiger partial charge in [-0.15, -0.1) is 0 Å². The van der Waals surface area contributed by atoms with Crippen molar-refractivity contribution in [1.29, 1.82) is 0 Å². The lowest BCUT2D eigenvalue weighted by atomic mass is 10.2. The molecule has 1 rings (SSSR count). The van der Waals surface area contributed by atoms with Gasteiger partial charge in [0.15, 0.2) is 0 Å². The van der Waals surface area contributed by atoms with Gasteiger partial charge in [0.05, 0.1) is 11.3 Å². The fourth-order valence-corrected chi connectivity index (χ4v) is 1.46. The monoisotopic (exact) mass is 211 g/mol. The second-order valence-electron chi connectivity index (χ2n) is 3.14. The highest BCUT2D eigenvalue weighted by molar-refractivity contribution is 5.88. The van der Waals surface area contributed by atoms with Crippen LogP contribution in [0.4, 0.5) is 10.1 Å². The molecule has 0 saturated heterocycles. The molecule has 0 spiro atoms. The smallest absolute Gasteiger partial charge is 0.335 e. The number of hydrogen-bond donors (Lipinski definition) is 1. The summed E-state index contributed by atoms with van der Waals surface area (Å²) in [5.41, 5.74) is 0.424. The van der Waals surface area contributed by atoms with E-state index >= 15 is 0 Å². The average Bonchev–Trinajstić information content (AvgIpc) is 2.21. The fourth-order valence-electron chi connectivity index (χ4n) is 1.46. The Bertz CT molecular complexity index is 362. The van der Waals surface area contributed by atoms with E-state index in [2.05, 4.69) is 0 Å². The standard InChI is InChI=1S/C11H14FNO2/c1-3-13(4-2)10-6-5-8(11(14)15)7-9(10)12/h5-7H,3-4H2,1-2H3,(H,14,15). The van der Waals surface area contributed by atoms with Crippen molar-refractivity contribution in [2.75, 3.05) is 18.0 Å². The molecular formula is C11H14FNO2. The number of benzene rings is 1. The van der Waals surface area contributed by atoms with E-state index in [0.717, 1.165) is 6.07 Å². The maximum Gasteiger partial charge on any atom is 0.335 e. The van der Waals surface area contributed by atoms with E-state index in [1.165, 1.54) is 12.1 Å². The van der Waals surface area contributed by atoms with Crippen molar-refractivity contribution in [1.82, 2.24) is 0 Å². The highest BCUT2D eigenvalue weighted by Crippen LogP contribution is 2.20. The van der Waals surface area contributed by atoms with Crippen LogP contribution < -0.4 is 4.90 Å². The van der Waals surface area contributed by atoms with E-state index in [1.807, 2.05) is 18.7 Å². The molecule has 4 heteroatoms. The maximum absolute atomic E-state index is 13.5. The van der Waals surface area contributed by atoms with E-state index < -0.39 is 11.8 Å². The van der Waals surface area contributed by atoms with Crippen LogP contribution in [0.3, 0.4) is 0 Å². The van der Waals surface area contributed by atoms with Crippen molar-refractivity contribution < 1.29 is 14.3 Å². The zero-order chi connectivity index (χ0) is 11.4. The molecule has 0 aromatic heterocycles. The Kier molecular flexibility index (Phi) is 3.66. The van der Waals surface area contributed by atoms with Gasteiger partial charge in [-0.1, -0.05) is 0 Å². The molecule has 0 unspecified atom stereocenters. The normalized spacial score (nSPS) is 10.1. The van der Waals surface area contributed by atoms with Gasteiger partial charge in [-0.2, -0.15) is 0 Å². The third kappa shape index (κ3) is 2.46. The molecule has 0 radical (unpaired) electrons. The van der Waals surface area contributed by atoms with Crippen molar-refractivity contribution in [3.05, 3.63) is 29.6 Å². The van der Waals surface area contributed by atoms with Gasteiger partial charge in [-0.3, -0.25) is 0 Å². The SMILES string of the molecule is CCN(CC)c1ccc(C(=O)O)cc1F. The summed E-state index contributed by atoms with van der Waals surface area (Å²) in [6.07, 6.45) is 0. The van der Waals surface area contributed by atoms with Gasteiger partial charge in [0.25, 0.3) is 0 Å². The van der Waals surface area contributed by atoms with Crippen LogP contribution in [0.5, 0.6) is 0 Å². The molecule has 0 aliphatic heterocycles. The van der Waals surface area contributed by atoms with Gasteiger partial charge in [0.1, 0.15) is 5.82 Å².